The van der Waals surface area contributed by atoms with Crippen LogP contribution >= 0.6 is 0 Å². The van der Waals surface area contributed by atoms with Gasteiger partial charge in [0.15, 0.2) is 12.1 Å². The molecule has 0 aromatic carbocycles. The summed E-state index contributed by atoms with van der Waals surface area (Å²) < 4.78 is 7.30. The number of likely N-dealkylation sites (tertiary alicyclic amines) is 1. The number of rotatable bonds is 3. The lowest BCUT2D eigenvalue weighted by atomic mass is 10.1. The van der Waals surface area contributed by atoms with Crippen LogP contribution in [0.2, 0.25) is 0 Å². The van der Waals surface area contributed by atoms with E-state index in [-0.39, 0.29) is 23.6 Å². The second kappa shape index (κ2) is 7.34. The number of piperidine rings is 1. The van der Waals surface area contributed by atoms with Crippen molar-refractivity contribution in [1.29, 1.82) is 0 Å². The summed E-state index contributed by atoms with van der Waals surface area (Å²) in [6.45, 7) is 6.81. The smallest absolute Gasteiger partial charge is 0.410 e. The molecule has 27 heavy (non-hydrogen) atoms. The minimum absolute atomic E-state index is 0.107. The molecule has 0 spiro atoms. The van der Waals surface area contributed by atoms with E-state index < -0.39 is 5.60 Å². The van der Waals surface area contributed by atoms with Gasteiger partial charge in [0.05, 0.1) is 24.1 Å². The summed E-state index contributed by atoms with van der Waals surface area (Å²) in [5, 5.41) is 4.42. The number of aldehydes is 1. The largest absolute Gasteiger partial charge is 0.444 e. The molecule has 0 bridgehead atoms. The minimum Gasteiger partial charge on any atom is -0.444 e. The highest BCUT2D eigenvalue weighted by molar-refractivity contribution is 5.79. The molecule has 0 aliphatic carbocycles. The van der Waals surface area contributed by atoms with Crippen LogP contribution in [0.4, 0.5) is 10.6 Å². The zero-order valence-corrected chi connectivity index (χ0v) is 15.8. The monoisotopic (exact) mass is 372 g/mol. The van der Waals surface area contributed by atoms with E-state index in [4.69, 9.17) is 10.5 Å². The van der Waals surface area contributed by atoms with Crippen molar-refractivity contribution < 1.29 is 14.3 Å². The summed E-state index contributed by atoms with van der Waals surface area (Å²) in [7, 11) is 0. The van der Waals surface area contributed by atoms with Gasteiger partial charge in [0, 0.05) is 24.8 Å². The van der Waals surface area contributed by atoms with Gasteiger partial charge in [0.25, 0.3) is 0 Å². The first-order valence-electron chi connectivity index (χ1n) is 8.87. The molecule has 2 N–H and O–H groups in total. The molecule has 144 valence electrons. The van der Waals surface area contributed by atoms with E-state index in [1.165, 1.54) is 6.20 Å². The van der Waals surface area contributed by atoms with E-state index in [0.717, 1.165) is 18.4 Å². The van der Waals surface area contributed by atoms with Crippen molar-refractivity contribution in [2.45, 2.75) is 45.3 Å². The molecule has 1 saturated heterocycles. The predicted octanol–water partition coefficient (Wildman–Crippen LogP) is 2.31. The molecule has 1 fully saturated rings. The molecule has 1 aliphatic rings. The summed E-state index contributed by atoms with van der Waals surface area (Å²) >= 11 is 0. The van der Waals surface area contributed by atoms with Crippen LogP contribution in [0.25, 0.3) is 11.3 Å². The van der Waals surface area contributed by atoms with Gasteiger partial charge in [-0.25, -0.2) is 14.8 Å². The molecule has 9 heteroatoms. The third-order valence-electron chi connectivity index (χ3n) is 4.33. The fourth-order valence-electron chi connectivity index (χ4n) is 2.95. The normalized spacial score (nSPS) is 15.6. The number of amides is 1. The van der Waals surface area contributed by atoms with Gasteiger partial charge in [-0.15, -0.1) is 0 Å². The lowest BCUT2D eigenvalue weighted by Crippen LogP contribution is -2.42. The topological polar surface area (TPSA) is 116 Å². The van der Waals surface area contributed by atoms with Gasteiger partial charge in [-0.05, 0) is 33.6 Å². The molecule has 0 unspecified atom stereocenters. The number of aromatic nitrogens is 4. The Morgan fingerprint density at radius 3 is 2.63 bits per heavy atom. The van der Waals surface area contributed by atoms with E-state index in [1.807, 2.05) is 31.6 Å². The van der Waals surface area contributed by atoms with Crippen LogP contribution in [0.5, 0.6) is 0 Å². The molecular formula is C18H24N6O3. The third kappa shape index (κ3) is 4.42. The number of nitrogens with two attached hydrogens (primary N) is 1. The first-order chi connectivity index (χ1) is 12.8. The van der Waals surface area contributed by atoms with Crippen molar-refractivity contribution in [3.63, 3.8) is 0 Å². The Morgan fingerprint density at radius 1 is 1.30 bits per heavy atom. The van der Waals surface area contributed by atoms with Crippen LogP contribution in [-0.2, 0) is 4.74 Å². The standard InChI is InChI=1S/C18H24N6O3/c1-18(2,3)27-17(26)23-6-4-13(5-7-23)24-10-12(8-21-24)14-9-20-16(19)15(11-25)22-14/h8-11,13H,4-7H2,1-3H3,(H2,19,20). The predicted molar refractivity (Wildman–Crippen MR) is 99.1 cm³/mol. The van der Waals surface area contributed by atoms with E-state index in [1.54, 1.807) is 11.1 Å². The lowest BCUT2D eigenvalue weighted by molar-refractivity contribution is 0.0184. The molecular weight excluding hydrogens is 348 g/mol. The van der Waals surface area contributed by atoms with E-state index in [0.29, 0.717) is 25.1 Å². The third-order valence-corrected chi connectivity index (χ3v) is 4.33. The fourth-order valence-corrected chi connectivity index (χ4v) is 2.95. The maximum Gasteiger partial charge on any atom is 0.410 e. The Bertz CT molecular complexity index is 834. The Hall–Kier alpha value is -2.97. The SMILES string of the molecule is CC(C)(C)OC(=O)N1CCC(n2cc(-c3cnc(N)c(C=O)n3)cn2)CC1. The van der Waals surface area contributed by atoms with Gasteiger partial charge in [-0.1, -0.05) is 0 Å². The fraction of sp³-hybridized carbons (Fsp3) is 0.500. The molecule has 0 atom stereocenters. The second-order valence-electron chi connectivity index (χ2n) is 7.55. The molecule has 9 nitrogen and oxygen atoms in total. The van der Waals surface area contributed by atoms with Gasteiger partial charge in [-0.2, -0.15) is 5.10 Å². The van der Waals surface area contributed by atoms with E-state index in [2.05, 4.69) is 15.1 Å². The number of hydrogen-bond donors (Lipinski definition) is 1. The first-order valence-corrected chi connectivity index (χ1v) is 8.87. The van der Waals surface area contributed by atoms with Crippen molar-refractivity contribution in [3.8, 4) is 11.3 Å². The summed E-state index contributed by atoms with van der Waals surface area (Å²) in [4.78, 5) is 33.1. The zero-order chi connectivity index (χ0) is 19.6. The van der Waals surface area contributed by atoms with Crippen molar-refractivity contribution >= 4 is 18.2 Å². The second-order valence-corrected chi connectivity index (χ2v) is 7.55. The highest BCUT2D eigenvalue weighted by Gasteiger charge is 2.28. The van der Waals surface area contributed by atoms with Gasteiger partial charge in [0.1, 0.15) is 11.3 Å². The average molecular weight is 372 g/mol. The molecule has 3 rings (SSSR count). The minimum atomic E-state index is -0.495. The van der Waals surface area contributed by atoms with Crippen molar-refractivity contribution in [2.75, 3.05) is 18.8 Å². The van der Waals surface area contributed by atoms with Crippen LogP contribution in [0.15, 0.2) is 18.6 Å². The highest BCUT2D eigenvalue weighted by atomic mass is 16.6. The first kappa shape index (κ1) is 18.8. The Labute approximate surface area is 157 Å². The van der Waals surface area contributed by atoms with Crippen LogP contribution in [0.1, 0.15) is 50.1 Å². The van der Waals surface area contributed by atoms with Crippen LogP contribution < -0.4 is 5.73 Å². The molecule has 0 saturated carbocycles. The summed E-state index contributed by atoms with van der Waals surface area (Å²) in [6, 6.07) is 0.185. The Morgan fingerprint density at radius 2 is 2.00 bits per heavy atom. The maximum absolute atomic E-state index is 12.2. The molecule has 2 aromatic rings. The molecule has 1 amide bonds. The Kier molecular flexibility index (Phi) is 5.11. The number of hydrogen-bond acceptors (Lipinski definition) is 7. The van der Waals surface area contributed by atoms with E-state index in [9.17, 15) is 9.59 Å². The van der Waals surface area contributed by atoms with Gasteiger partial charge in [0.2, 0.25) is 0 Å². The number of nitrogen functional groups attached to an aromatic ring is 1. The van der Waals surface area contributed by atoms with Gasteiger partial charge >= 0.3 is 6.09 Å². The number of nitrogens with zero attached hydrogens (tertiary/aromatic N) is 5. The summed E-state index contributed by atoms with van der Waals surface area (Å²) in [5.74, 6) is 0.107. The van der Waals surface area contributed by atoms with Gasteiger partial charge in [-0.3, -0.25) is 9.48 Å². The number of ether oxygens (including phenoxy) is 1. The molecule has 3 heterocycles. The van der Waals surface area contributed by atoms with Crippen LogP contribution in [0, 0.1) is 0 Å². The number of carbonyl (C=O) groups excluding carboxylic acids is 2. The van der Waals surface area contributed by atoms with Crippen LogP contribution in [-0.4, -0.2) is 55.7 Å². The lowest BCUT2D eigenvalue weighted by Gasteiger charge is -2.33. The average Bonchev–Trinajstić information content (AvgIpc) is 3.11. The zero-order valence-electron chi connectivity index (χ0n) is 15.8. The number of anilines is 1. The molecule has 0 radical (unpaired) electrons. The molecule has 1 aliphatic heterocycles. The number of carbonyl (C=O) groups is 2. The van der Waals surface area contributed by atoms with Crippen LogP contribution in [0.3, 0.4) is 0 Å². The van der Waals surface area contributed by atoms with Crippen molar-refractivity contribution in [3.05, 3.63) is 24.3 Å². The van der Waals surface area contributed by atoms with Gasteiger partial charge < -0.3 is 15.4 Å². The van der Waals surface area contributed by atoms with Crippen molar-refractivity contribution in [1.82, 2.24) is 24.6 Å². The summed E-state index contributed by atoms with van der Waals surface area (Å²) in [5.41, 5.74) is 6.54. The maximum atomic E-state index is 12.2. The van der Waals surface area contributed by atoms with Crippen molar-refractivity contribution in [2.24, 2.45) is 0 Å². The Balaban J connectivity index is 1.65. The summed E-state index contributed by atoms with van der Waals surface area (Å²) in [6.07, 6.45) is 6.97. The quantitative estimate of drug-likeness (QED) is 0.822. The molecule has 2 aromatic heterocycles. The van der Waals surface area contributed by atoms with E-state index >= 15 is 0 Å². The highest BCUT2D eigenvalue weighted by Crippen LogP contribution is 2.26.